The number of furan rings is 1. The Kier molecular flexibility index (Phi) is 3.53. The summed E-state index contributed by atoms with van der Waals surface area (Å²) in [6.07, 6.45) is 2.17. The van der Waals surface area contributed by atoms with Crippen molar-refractivity contribution < 1.29 is 13.5 Å². The molecule has 2 aromatic rings. The van der Waals surface area contributed by atoms with Crippen molar-refractivity contribution in [2.45, 2.75) is 18.9 Å². The molecule has 0 amide bonds. The highest BCUT2D eigenvalue weighted by atomic mass is 19.1. The van der Waals surface area contributed by atoms with Crippen LogP contribution in [0.1, 0.15) is 24.6 Å². The summed E-state index contributed by atoms with van der Waals surface area (Å²) in [4.78, 5) is 0. The van der Waals surface area contributed by atoms with Crippen LogP contribution in [-0.2, 0) is 4.74 Å². The number of para-hydroxylation sites is 1. The molecule has 1 aliphatic rings. The fourth-order valence-electron chi connectivity index (χ4n) is 2.84. The van der Waals surface area contributed by atoms with Crippen molar-refractivity contribution in [2.24, 2.45) is 5.92 Å². The first-order valence-electron chi connectivity index (χ1n) is 6.72. The van der Waals surface area contributed by atoms with Gasteiger partial charge < -0.3 is 14.5 Å². The minimum atomic E-state index is -0.307. The third-order valence-electron chi connectivity index (χ3n) is 3.80. The topological polar surface area (TPSA) is 34.4 Å². The van der Waals surface area contributed by atoms with Gasteiger partial charge in [-0.25, -0.2) is 4.39 Å². The van der Waals surface area contributed by atoms with Gasteiger partial charge in [-0.3, -0.25) is 0 Å². The maximum Gasteiger partial charge on any atom is 0.169 e. The van der Waals surface area contributed by atoms with E-state index in [0.29, 0.717) is 11.5 Å². The maximum atomic E-state index is 13.7. The summed E-state index contributed by atoms with van der Waals surface area (Å²) in [7, 11) is 1.91. The molecule has 4 heteroatoms. The molecule has 1 aromatic heterocycles. The van der Waals surface area contributed by atoms with E-state index in [4.69, 9.17) is 9.15 Å². The van der Waals surface area contributed by atoms with Crippen molar-refractivity contribution in [3.63, 3.8) is 0 Å². The second kappa shape index (κ2) is 5.31. The molecule has 1 aromatic carbocycles. The van der Waals surface area contributed by atoms with Crippen LogP contribution >= 0.6 is 0 Å². The molecule has 1 saturated heterocycles. The normalized spacial score (nSPS) is 21.7. The van der Waals surface area contributed by atoms with Gasteiger partial charge in [0.05, 0.1) is 12.6 Å². The van der Waals surface area contributed by atoms with Crippen LogP contribution in [0, 0.1) is 11.7 Å². The summed E-state index contributed by atoms with van der Waals surface area (Å²) in [6.45, 7) is 1.56. The van der Waals surface area contributed by atoms with Crippen LogP contribution in [-0.4, -0.2) is 20.3 Å². The summed E-state index contributed by atoms with van der Waals surface area (Å²) in [5, 5.41) is 4.08. The number of fused-ring (bicyclic) bond motifs is 1. The number of hydrogen-bond acceptors (Lipinski definition) is 3. The predicted octanol–water partition coefficient (Wildman–Crippen LogP) is 3.26. The van der Waals surface area contributed by atoms with Gasteiger partial charge in [-0.1, -0.05) is 12.1 Å². The second-order valence-corrected chi connectivity index (χ2v) is 5.05. The monoisotopic (exact) mass is 263 g/mol. The SMILES string of the molecule is CNC(c1cc2cccc(F)c2o1)C1CCCOC1. The summed E-state index contributed by atoms with van der Waals surface area (Å²) < 4.78 is 24.9. The molecule has 3 rings (SSSR count). The maximum absolute atomic E-state index is 13.7. The highest BCUT2D eigenvalue weighted by Crippen LogP contribution is 2.32. The van der Waals surface area contributed by atoms with Crippen molar-refractivity contribution in [1.29, 1.82) is 0 Å². The van der Waals surface area contributed by atoms with Crippen molar-refractivity contribution in [1.82, 2.24) is 5.32 Å². The van der Waals surface area contributed by atoms with Crippen LogP contribution in [0.5, 0.6) is 0 Å². The molecule has 102 valence electrons. The highest BCUT2D eigenvalue weighted by molar-refractivity contribution is 5.78. The van der Waals surface area contributed by atoms with E-state index < -0.39 is 0 Å². The molecule has 3 nitrogen and oxygen atoms in total. The van der Waals surface area contributed by atoms with Gasteiger partial charge in [-0.15, -0.1) is 0 Å². The number of nitrogens with one attached hydrogen (secondary N) is 1. The van der Waals surface area contributed by atoms with Gasteiger partial charge in [0.2, 0.25) is 0 Å². The Morgan fingerprint density at radius 1 is 1.42 bits per heavy atom. The molecule has 0 aliphatic carbocycles. The van der Waals surface area contributed by atoms with Gasteiger partial charge in [0.1, 0.15) is 5.76 Å². The Morgan fingerprint density at radius 2 is 2.32 bits per heavy atom. The minimum Gasteiger partial charge on any atom is -0.456 e. The average molecular weight is 263 g/mol. The van der Waals surface area contributed by atoms with Gasteiger partial charge in [-0.2, -0.15) is 0 Å². The molecule has 2 heterocycles. The Labute approximate surface area is 111 Å². The van der Waals surface area contributed by atoms with Gasteiger partial charge in [0.25, 0.3) is 0 Å². The first-order chi connectivity index (χ1) is 9.29. The van der Waals surface area contributed by atoms with E-state index in [0.717, 1.165) is 37.2 Å². The highest BCUT2D eigenvalue weighted by Gasteiger charge is 2.27. The van der Waals surface area contributed by atoms with E-state index in [-0.39, 0.29) is 11.9 Å². The Hall–Kier alpha value is -1.39. The fraction of sp³-hybridized carbons (Fsp3) is 0.467. The first kappa shape index (κ1) is 12.6. The molecule has 0 bridgehead atoms. The largest absolute Gasteiger partial charge is 0.456 e. The third-order valence-corrected chi connectivity index (χ3v) is 3.80. The van der Waals surface area contributed by atoms with Crippen LogP contribution in [0.3, 0.4) is 0 Å². The van der Waals surface area contributed by atoms with Crippen molar-refractivity contribution in [3.8, 4) is 0 Å². The Balaban J connectivity index is 1.94. The summed E-state index contributed by atoms with van der Waals surface area (Å²) in [6, 6.07) is 7.00. The molecule has 2 atom stereocenters. The van der Waals surface area contributed by atoms with E-state index in [9.17, 15) is 4.39 Å². The summed E-state index contributed by atoms with van der Waals surface area (Å²) in [5.74, 6) is 0.860. The van der Waals surface area contributed by atoms with E-state index in [2.05, 4.69) is 5.32 Å². The standard InChI is InChI=1S/C15H18FNO2/c1-17-14(11-5-3-7-18-9-11)13-8-10-4-2-6-12(16)15(10)19-13/h2,4,6,8,11,14,17H,3,5,7,9H2,1H3. The molecular weight excluding hydrogens is 245 g/mol. The molecule has 2 unspecified atom stereocenters. The number of ether oxygens (including phenoxy) is 1. The van der Waals surface area contributed by atoms with Gasteiger partial charge in [0.15, 0.2) is 11.4 Å². The van der Waals surface area contributed by atoms with Gasteiger partial charge in [0, 0.05) is 17.9 Å². The zero-order valence-electron chi connectivity index (χ0n) is 11.0. The van der Waals surface area contributed by atoms with Gasteiger partial charge >= 0.3 is 0 Å². The molecule has 1 N–H and O–H groups in total. The second-order valence-electron chi connectivity index (χ2n) is 5.05. The van der Waals surface area contributed by atoms with Crippen LogP contribution in [0.2, 0.25) is 0 Å². The van der Waals surface area contributed by atoms with Crippen LogP contribution in [0.25, 0.3) is 11.0 Å². The zero-order chi connectivity index (χ0) is 13.2. The molecule has 1 fully saturated rings. The predicted molar refractivity (Wildman–Crippen MR) is 71.5 cm³/mol. The molecule has 0 spiro atoms. The lowest BCUT2D eigenvalue weighted by Crippen LogP contribution is -2.31. The minimum absolute atomic E-state index is 0.0760. The van der Waals surface area contributed by atoms with E-state index in [1.54, 1.807) is 6.07 Å². The number of halogens is 1. The molecule has 1 aliphatic heterocycles. The Bertz CT molecular complexity index is 560. The third kappa shape index (κ3) is 2.38. The number of benzene rings is 1. The van der Waals surface area contributed by atoms with Crippen molar-refractivity contribution in [3.05, 3.63) is 35.8 Å². The molecule has 19 heavy (non-hydrogen) atoms. The van der Waals surface area contributed by atoms with E-state index >= 15 is 0 Å². The molecule has 0 radical (unpaired) electrons. The number of rotatable bonds is 3. The van der Waals surface area contributed by atoms with Gasteiger partial charge in [-0.05, 0) is 32.0 Å². The zero-order valence-corrected chi connectivity index (χ0v) is 11.0. The van der Waals surface area contributed by atoms with Crippen molar-refractivity contribution in [2.75, 3.05) is 20.3 Å². The number of hydrogen-bond donors (Lipinski definition) is 1. The van der Waals surface area contributed by atoms with Crippen LogP contribution < -0.4 is 5.32 Å². The van der Waals surface area contributed by atoms with Crippen molar-refractivity contribution >= 4 is 11.0 Å². The lowest BCUT2D eigenvalue weighted by atomic mass is 9.92. The lowest BCUT2D eigenvalue weighted by Gasteiger charge is -2.28. The van der Waals surface area contributed by atoms with Crippen LogP contribution in [0.15, 0.2) is 28.7 Å². The Morgan fingerprint density at radius 3 is 3.00 bits per heavy atom. The smallest absolute Gasteiger partial charge is 0.169 e. The fourth-order valence-corrected chi connectivity index (χ4v) is 2.84. The van der Waals surface area contributed by atoms with Crippen LogP contribution in [0.4, 0.5) is 4.39 Å². The summed E-state index contributed by atoms with van der Waals surface area (Å²) >= 11 is 0. The van der Waals surface area contributed by atoms with E-state index in [1.807, 2.05) is 19.2 Å². The molecular formula is C15H18FNO2. The first-order valence-corrected chi connectivity index (χ1v) is 6.72. The lowest BCUT2D eigenvalue weighted by molar-refractivity contribution is 0.0371. The average Bonchev–Trinajstić information content (AvgIpc) is 2.86. The summed E-state index contributed by atoms with van der Waals surface area (Å²) in [5.41, 5.74) is 0.342. The quantitative estimate of drug-likeness (QED) is 0.923. The van der Waals surface area contributed by atoms with E-state index in [1.165, 1.54) is 6.07 Å². The molecule has 0 saturated carbocycles.